The van der Waals surface area contributed by atoms with Crippen LogP contribution in [0.3, 0.4) is 0 Å². The summed E-state index contributed by atoms with van der Waals surface area (Å²) in [6.07, 6.45) is -6.57. The van der Waals surface area contributed by atoms with Crippen molar-refractivity contribution >= 4 is 5.91 Å². The number of rotatable bonds is 5. The van der Waals surface area contributed by atoms with Crippen LogP contribution in [0.1, 0.15) is 49.3 Å². The van der Waals surface area contributed by atoms with Crippen molar-refractivity contribution < 1.29 is 35.9 Å². The number of carbonyl (C=O) groups excluding carboxylic acids is 1. The predicted octanol–water partition coefficient (Wildman–Crippen LogP) is 4.96. The van der Waals surface area contributed by atoms with E-state index in [0.717, 1.165) is 26.1 Å². The minimum atomic E-state index is -4.89. The number of halogens is 6. The molecule has 1 aromatic carbocycles. The molecular weight excluding hydrogens is 450 g/mol. The molecule has 3 heterocycles. The first-order valence-corrected chi connectivity index (χ1v) is 11.3. The number of likely N-dealkylation sites (tertiary alicyclic amines) is 1. The topological polar surface area (TPSA) is 32.8 Å². The summed E-state index contributed by atoms with van der Waals surface area (Å²) in [7, 11) is 0. The summed E-state index contributed by atoms with van der Waals surface area (Å²) in [4.78, 5) is 16.9. The Morgan fingerprint density at radius 2 is 1.61 bits per heavy atom. The summed E-state index contributed by atoms with van der Waals surface area (Å²) in [5, 5.41) is 0. The molecule has 3 aliphatic heterocycles. The normalized spacial score (nSPS) is 29.1. The van der Waals surface area contributed by atoms with Crippen LogP contribution >= 0.6 is 0 Å². The van der Waals surface area contributed by atoms with E-state index in [1.807, 2.05) is 6.92 Å². The zero-order chi connectivity index (χ0) is 24.0. The molecule has 184 valence electrons. The van der Waals surface area contributed by atoms with Crippen LogP contribution in [0.25, 0.3) is 0 Å². The molecule has 3 fully saturated rings. The van der Waals surface area contributed by atoms with E-state index < -0.39 is 29.6 Å². The van der Waals surface area contributed by atoms with Gasteiger partial charge in [-0.2, -0.15) is 26.3 Å². The third kappa shape index (κ3) is 5.48. The van der Waals surface area contributed by atoms with Crippen molar-refractivity contribution in [2.45, 2.75) is 63.7 Å². The zero-order valence-corrected chi connectivity index (χ0v) is 18.4. The van der Waals surface area contributed by atoms with Crippen LogP contribution in [0.4, 0.5) is 26.3 Å². The van der Waals surface area contributed by atoms with Gasteiger partial charge in [0.15, 0.2) is 0 Å². The van der Waals surface area contributed by atoms with Crippen LogP contribution in [0.2, 0.25) is 0 Å². The Morgan fingerprint density at radius 1 is 1.00 bits per heavy atom. The molecule has 3 aliphatic rings. The molecule has 4 nitrogen and oxygen atoms in total. The molecule has 0 bridgehead atoms. The molecule has 4 atom stereocenters. The highest BCUT2D eigenvalue weighted by Gasteiger charge is 2.46. The van der Waals surface area contributed by atoms with Gasteiger partial charge in [-0.25, -0.2) is 0 Å². The lowest BCUT2D eigenvalue weighted by molar-refractivity contribution is -0.143. The Hall–Kier alpha value is -1.81. The fourth-order valence-corrected chi connectivity index (χ4v) is 5.42. The number of piperidine rings is 1. The van der Waals surface area contributed by atoms with Crippen LogP contribution in [-0.4, -0.2) is 54.0 Å². The van der Waals surface area contributed by atoms with E-state index in [2.05, 4.69) is 4.90 Å². The van der Waals surface area contributed by atoms with E-state index >= 15 is 0 Å². The summed E-state index contributed by atoms with van der Waals surface area (Å²) in [5.41, 5.74) is -2.90. The van der Waals surface area contributed by atoms with Crippen molar-refractivity contribution in [1.82, 2.24) is 9.80 Å². The molecule has 4 rings (SSSR count). The van der Waals surface area contributed by atoms with Crippen molar-refractivity contribution in [2.75, 3.05) is 26.2 Å². The van der Waals surface area contributed by atoms with E-state index in [0.29, 0.717) is 25.1 Å². The summed E-state index contributed by atoms with van der Waals surface area (Å²) < 4.78 is 84.5. The zero-order valence-electron chi connectivity index (χ0n) is 18.4. The van der Waals surface area contributed by atoms with Crippen molar-refractivity contribution in [2.24, 2.45) is 11.8 Å². The largest absolute Gasteiger partial charge is 0.416 e. The molecule has 0 N–H and O–H groups in total. The van der Waals surface area contributed by atoms with E-state index in [1.165, 1.54) is 12.8 Å². The molecule has 1 aromatic rings. The van der Waals surface area contributed by atoms with Gasteiger partial charge >= 0.3 is 12.4 Å². The molecule has 0 aromatic heterocycles. The number of amides is 1. The Balaban J connectivity index is 1.43. The SMILES string of the molecule is CC1C(OCc2cc(C(F)(F)F)cc(C(F)(F)F)c2)CN2C(=O)CC(CN3CCCC3)CC12. The first-order chi connectivity index (χ1) is 15.4. The minimum absolute atomic E-state index is 0.0175. The molecule has 0 saturated carbocycles. The molecule has 0 spiro atoms. The second-order valence-electron chi connectivity index (χ2n) is 9.55. The second kappa shape index (κ2) is 9.09. The Bertz CT molecular complexity index is 833. The van der Waals surface area contributed by atoms with Crippen molar-refractivity contribution in [3.63, 3.8) is 0 Å². The monoisotopic (exact) mass is 478 g/mol. The number of benzene rings is 1. The molecule has 4 unspecified atom stereocenters. The molecule has 0 aliphatic carbocycles. The van der Waals surface area contributed by atoms with Gasteiger partial charge in [0.25, 0.3) is 0 Å². The van der Waals surface area contributed by atoms with Crippen molar-refractivity contribution in [3.05, 3.63) is 34.9 Å². The van der Waals surface area contributed by atoms with Gasteiger partial charge in [-0.3, -0.25) is 4.79 Å². The summed E-state index contributed by atoms with van der Waals surface area (Å²) in [5.74, 6) is 0.255. The summed E-state index contributed by atoms with van der Waals surface area (Å²) >= 11 is 0. The molecule has 1 amide bonds. The second-order valence-corrected chi connectivity index (χ2v) is 9.55. The van der Waals surface area contributed by atoms with Gasteiger partial charge in [0, 0.05) is 31.5 Å². The first kappa shape index (κ1) is 24.3. The fraction of sp³-hybridized carbons (Fsp3) is 0.696. The summed E-state index contributed by atoms with van der Waals surface area (Å²) in [6.45, 7) is 4.86. The number of nitrogens with zero attached hydrogens (tertiary/aromatic N) is 2. The molecular formula is C23H28F6N2O2. The number of fused-ring (bicyclic) bond motifs is 1. The van der Waals surface area contributed by atoms with Crippen LogP contribution in [0.15, 0.2) is 18.2 Å². The number of hydrogen-bond donors (Lipinski definition) is 0. The number of carbonyl (C=O) groups is 1. The van der Waals surface area contributed by atoms with Crippen LogP contribution in [0.5, 0.6) is 0 Å². The van der Waals surface area contributed by atoms with E-state index in [9.17, 15) is 31.1 Å². The summed E-state index contributed by atoms with van der Waals surface area (Å²) in [6, 6.07) is 1.48. The highest BCUT2D eigenvalue weighted by atomic mass is 19.4. The standard InChI is InChI=1S/C23H28F6N2O2/c1-14-19-8-15(11-30-4-2-3-5-30)9-21(32)31(19)12-20(14)33-13-16-6-17(22(24,25)26)10-18(7-16)23(27,28)29/h6-7,10,14-15,19-20H,2-5,8-9,11-13H2,1H3. The maximum atomic E-state index is 13.1. The number of alkyl halides is 6. The third-order valence-corrected chi connectivity index (χ3v) is 7.16. The first-order valence-electron chi connectivity index (χ1n) is 11.3. The highest BCUT2D eigenvalue weighted by molar-refractivity contribution is 5.78. The lowest BCUT2D eigenvalue weighted by atomic mass is 9.86. The molecule has 3 saturated heterocycles. The maximum Gasteiger partial charge on any atom is 0.416 e. The molecule has 0 radical (unpaired) electrons. The van der Waals surface area contributed by atoms with Crippen LogP contribution in [0, 0.1) is 11.8 Å². The van der Waals surface area contributed by atoms with Gasteiger partial charge in [0.1, 0.15) is 0 Å². The average Bonchev–Trinajstić information content (AvgIpc) is 3.34. The predicted molar refractivity (Wildman–Crippen MR) is 108 cm³/mol. The van der Waals surface area contributed by atoms with E-state index in [-0.39, 0.29) is 42.0 Å². The van der Waals surface area contributed by atoms with Crippen molar-refractivity contribution in [1.29, 1.82) is 0 Å². The maximum absolute atomic E-state index is 13.1. The lowest BCUT2D eigenvalue weighted by Crippen LogP contribution is -2.46. The van der Waals surface area contributed by atoms with Gasteiger partial charge in [-0.15, -0.1) is 0 Å². The van der Waals surface area contributed by atoms with Gasteiger partial charge in [0.2, 0.25) is 5.91 Å². The van der Waals surface area contributed by atoms with E-state index in [4.69, 9.17) is 4.74 Å². The lowest BCUT2D eigenvalue weighted by Gasteiger charge is -2.37. The van der Waals surface area contributed by atoms with Gasteiger partial charge in [0.05, 0.1) is 23.8 Å². The smallest absolute Gasteiger partial charge is 0.371 e. The number of ether oxygens (including phenoxy) is 1. The average molecular weight is 478 g/mol. The Morgan fingerprint density at radius 3 is 2.18 bits per heavy atom. The van der Waals surface area contributed by atoms with E-state index in [1.54, 1.807) is 4.90 Å². The molecule has 10 heteroatoms. The fourth-order valence-electron chi connectivity index (χ4n) is 5.42. The van der Waals surface area contributed by atoms with Crippen LogP contribution < -0.4 is 0 Å². The Kier molecular flexibility index (Phi) is 6.70. The van der Waals surface area contributed by atoms with Gasteiger partial charge in [-0.1, -0.05) is 6.92 Å². The van der Waals surface area contributed by atoms with Gasteiger partial charge < -0.3 is 14.5 Å². The minimum Gasteiger partial charge on any atom is -0.371 e. The Labute approximate surface area is 188 Å². The highest BCUT2D eigenvalue weighted by Crippen LogP contribution is 2.39. The quantitative estimate of drug-likeness (QED) is 0.561. The third-order valence-electron chi connectivity index (χ3n) is 7.16. The van der Waals surface area contributed by atoms with Gasteiger partial charge in [-0.05, 0) is 62.0 Å². The van der Waals surface area contributed by atoms with Crippen molar-refractivity contribution in [3.8, 4) is 0 Å². The molecule has 33 heavy (non-hydrogen) atoms. The number of hydrogen-bond acceptors (Lipinski definition) is 3. The van der Waals surface area contributed by atoms with Crippen LogP contribution in [-0.2, 0) is 28.5 Å².